The number of anilines is 1. The second-order valence-electron chi connectivity index (χ2n) is 6.08. The Morgan fingerprint density at radius 3 is 2.42 bits per heavy atom. The van der Waals surface area contributed by atoms with E-state index in [-0.39, 0.29) is 17.3 Å². The zero-order valence-electron chi connectivity index (χ0n) is 15.7. The number of rotatable bonds is 7. The van der Waals surface area contributed by atoms with E-state index in [2.05, 4.69) is 5.32 Å². The van der Waals surface area contributed by atoms with Gasteiger partial charge in [-0.2, -0.15) is 8.87 Å². The Morgan fingerprint density at radius 2 is 1.81 bits per heavy atom. The van der Waals surface area contributed by atoms with E-state index in [1.165, 1.54) is 10.4 Å². The van der Waals surface area contributed by atoms with Crippen LogP contribution >= 0.6 is 0 Å². The summed E-state index contributed by atoms with van der Waals surface area (Å²) in [6.07, 6.45) is 1.84. The average molecular weight is 377 g/mol. The van der Waals surface area contributed by atoms with Crippen molar-refractivity contribution >= 4 is 21.6 Å². The molecule has 1 aromatic heterocycles. The summed E-state index contributed by atoms with van der Waals surface area (Å²) >= 11 is 0. The molecule has 1 aromatic carbocycles. The summed E-state index contributed by atoms with van der Waals surface area (Å²) in [5.74, 6) is -0.204. The minimum Gasteiger partial charge on any atom is -0.320 e. The lowest BCUT2D eigenvalue weighted by atomic mass is 10.2. The average Bonchev–Trinajstić information content (AvgIpc) is 2.59. The SMILES string of the molecule is CCN(CC)S(=O)(=O)c1ccc(C)c(NC(=O)C[n+]2ccccc2C)c1. The van der Waals surface area contributed by atoms with Crippen LogP contribution in [-0.2, 0) is 21.4 Å². The normalized spacial score (nSPS) is 11.6. The largest absolute Gasteiger partial charge is 0.320 e. The lowest BCUT2D eigenvalue weighted by Gasteiger charge is -2.19. The summed E-state index contributed by atoms with van der Waals surface area (Å²) in [6.45, 7) is 8.34. The van der Waals surface area contributed by atoms with E-state index in [1.54, 1.807) is 26.0 Å². The molecule has 6 nitrogen and oxygen atoms in total. The lowest BCUT2D eigenvalue weighted by molar-refractivity contribution is -0.690. The molecular formula is C19H26N3O3S+. The van der Waals surface area contributed by atoms with Crippen LogP contribution in [0.2, 0.25) is 0 Å². The van der Waals surface area contributed by atoms with Gasteiger partial charge in [-0.25, -0.2) is 8.42 Å². The van der Waals surface area contributed by atoms with Gasteiger partial charge in [0, 0.05) is 37.8 Å². The van der Waals surface area contributed by atoms with Crippen LogP contribution in [0.1, 0.15) is 25.1 Å². The highest BCUT2D eigenvalue weighted by Crippen LogP contribution is 2.23. The van der Waals surface area contributed by atoms with E-state index in [0.29, 0.717) is 18.8 Å². The standard InChI is InChI=1S/C19H25N3O3S/c1-5-22(6-2)26(24,25)17-11-10-15(3)18(13-17)20-19(23)14-21-12-8-7-9-16(21)4/h7-13H,5-6,14H2,1-4H3/p+1. The Labute approximate surface area is 155 Å². The van der Waals surface area contributed by atoms with Crippen LogP contribution in [0.3, 0.4) is 0 Å². The van der Waals surface area contributed by atoms with Crippen LogP contribution in [0.4, 0.5) is 5.69 Å². The Bertz CT molecular complexity index is 891. The molecule has 7 heteroatoms. The number of amides is 1. The van der Waals surface area contributed by atoms with Crippen molar-refractivity contribution in [3.05, 3.63) is 53.9 Å². The van der Waals surface area contributed by atoms with Gasteiger partial charge in [-0.1, -0.05) is 26.0 Å². The van der Waals surface area contributed by atoms with E-state index >= 15 is 0 Å². The molecule has 1 N–H and O–H groups in total. The van der Waals surface area contributed by atoms with Gasteiger partial charge in [0.1, 0.15) is 0 Å². The molecule has 0 bridgehead atoms. The van der Waals surface area contributed by atoms with Crippen molar-refractivity contribution in [1.29, 1.82) is 0 Å². The zero-order chi connectivity index (χ0) is 19.3. The third-order valence-electron chi connectivity index (χ3n) is 4.31. The molecular weight excluding hydrogens is 350 g/mol. The first-order chi connectivity index (χ1) is 12.3. The van der Waals surface area contributed by atoms with E-state index in [4.69, 9.17) is 0 Å². The van der Waals surface area contributed by atoms with Crippen LogP contribution in [0.25, 0.3) is 0 Å². The van der Waals surface area contributed by atoms with Gasteiger partial charge < -0.3 is 5.32 Å². The molecule has 0 aliphatic rings. The quantitative estimate of drug-likeness (QED) is 0.754. The molecule has 0 atom stereocenters. The first kappa shape index (κ1) is 20.1. The minimum atomic E-state index is -3.57. The maximum absolute atomic E-state index is 12.7. The number of carbonyl (C=O) groups excluding carboxylic acids is 1. The third-order valence-corrected chi connectivity index (χ3v) is 6.35. The van der Waals surface area contributed by atoms with Crippen molar-refractivity contribution in [3.63, 3.8) is 0 Å². The summed E-state index contributed by atoms with van der Waals surface area (Å²) in [5.41, 5.74) is 2.29. The molecule has 0 radical (unpaired) electrons. The smallest absolute Gasteiger partial charge is 0.290 e. The van der Waals surface area contributed by atoms with Gasteiger partial charge in [0.15, 0.2) is 11.9 Å². The highest BCUT2D eigenvalue weighted by Gasteiger charge is 2.23. The molecule has 140 valence electrons. The molecule has 1 heterocycles. The summed E-state index contributed by atoms with van der Waals surface area (Å²) < 4.78 is 28.6. The van der Waals surface area contributed by atoms with Crippen molar-refractivity contribution in [3.8, 4) is 0 Å². The van der Waals surface area contributed by atoms with E-state index in [9.17, 15) is 13.2 Å². The number of nitrogens with zero attached hydrogens (tertiary/aromatic N) is 2. The van der Waals surface area contributed by atoms with Gasteiger partial charge in [-0.3, -0.25) is 4.79 Å². The number of hydrogen-bond acceptors (Lipinski definition) is 3. The molecule has 0 aliphatic carbocycles. The maximum Gasteiger partial charge on any atom is 0.290 e. The fourth-order valence-electron chi connectivity index (χ4n) is 2.69. The van der Waals surface area contributed by atoms with Gasteiger partial charge in [-0.05, 0) is 24.6 Å². The van der Waals surface area contributed by atoms with Crippen LogP contribution in [0.15, 0.2) is 47.5 Å². The highest BCUT2D eigenvalue weighted by atomic mass is 32.2. The van der Waals surface area contributed by atoms with Gasteiger partial charge in [0.05, 0.1) is 4.90 Å². The molecule has 0 fully saturated rings. The number of pyridine rings is 1. The monoisotopic (exact) mass is 376 g/mol. The molecule has 2 aromatic rings. The Morgan fingerprint density at radius 1 is 1.12 bits per heavy atom. The third kappa shape index (κ3) is 4.47. The molecule has 0 saturated heterocycles. The predicted octanol–water partition coefficient (Wildman–Crippen LogP) is 2.26. The molecule has 0 saturated carbocycles. The van der Waals surface area contributed by atoms with Crippen LogP contribution < -0.4 is 9.88 Å². The first-order valence-corrected chi connectivity index (χ1v) is 10.1. The second kappa shape index (κ2) is 8.42. The minimum absolute atomic E-state index is 0.166. The van der Waals surface area contributed by atoms with Crippen molar-refractivity contribution < 1.29 is 17.8 Å². The molecule has 26 heavy (non-hydrogen) atoms. The summed E-state index contributed by atoms with van der Waals surface area (Å²) in [4.78, 5) is 12.6. The lowest BCUT2D eigenvalue weighted by Crippen LogP contribution is -2.42. The number of aromatic nitrogens is 1. The second-order valence-corrected chi connectivity index (χ2v) is 8.02. The Balaban J connectivity index is 2.25. The number of sulfonamides is 1. The van der Waals surface area contributed by atoms with E-state index < -0.39 is 10.0 Å². The summed E-state index contributed by atoms with van der Waals surface area (Å²) in [6, 6.07) is 10.5. The topological polar surface area (TPSA) is 70.4 Å². The maximum atomic E-state index is 12.7. The van der Waals surface area contributed by atoms with Gasteiger partial charge in [0.25, 0.3) is 5.91 Å². The first-order valence-electron chi connectivity index (χ1n) is 8.65. The Kier molecular flexibility index (Phi) is 6.50. The molecule has 1 amide bonds. The van der Waals surface area contributed by atoms with Crippen molar-refractivity contribution in [1.82, 2.24) is 4.31 Å². The molecule has 0 unspecified atom stereocenters. The van der Waals surface area contributed by atoms with Gasteiger partial charge >= 0.3 is 0 Å². The van der Waals surface area contributed by atoms with Crippen LogP contribution in [0, 0.1) is 13.8 Å². The Hall–Kier alpha value is -2.25. The number of aryl methyl sites for hydroxylation is 2. The molecule has 2 rings (SSSR count). The number of carbonyl (C=O) groups is 1. The van der Waals surface area contributed by atoms with Crippen molar-refractivity contribution in [2.45, 2.75) is 39.1 Å². The number of nitrogens with one attached hydrogen (secondary N) is 1. The van der Waals surface area contributed by atoms with Gasteiger partial charge in [-0.15, -0.1) is 0 Å². The molecule has 0 aliphatic heterocycles. The van der Waals surface area contributed by atoms with E-state index in [1.807, 2.05) is 42.8 Å². The fourth-order valence-corrected chi connectivity index (χ4v) is 4.18. The predicted molar refractivity (Wildman–Crippen MR) is 101 cm³/mol. The molecule has 0 spiro atoms. The van der Waals surface area contributed by atoms with Gasteiger partial charge in [0.2, 0.25) is 16.6 Å². The summed E-state index contributed by atoms with van der Waals surface area (Å²) in [7, 11) is -3.57. The van der Waals surface area contributed by atoms with Crippen LogP contribution in [-0.4, -0.2) is 31.7 Å². The van der Waals surface area contributed by atoms with Crippen LogP contribution in [0.5, 0.6) is 0 Å². The highest BCUT2D eigenvalue weighted by molar-refractivity contribution is 7.89. The zero-order valence-corrected chi connectivity index (χ0v) is 16.5. The fraction of sp³-hybridized carbons (Fsp3) is 0.368. The number of hydrogen-bond donors (Lipinski definition) is 1. The number of benzene rings is 1. The van der Waals surface area contributed by atoms with Crippen molar-refractivity contribution in [2.24, 2.45) is 0 Å². The van der Waals surface area contributed by atoms with E-state index in [0.717, 1.165) is 11.3 Å². The van der Waals surface area contributed by atoms with Crippen molar-refractivity contribution in [2.75, 3.05) is 18.4 Å². The summed E-state index contributed by atoms with van der Waals surface area (Å²) in [5, 5.41) is 2.83.